The highest BCUT2D eigenvalue weighted by Crippen LogP contribution is 2.27. The van der Waals surface area contributed by atoms with Gasteiger partial charge in [-0.15, -0.1) is 22.7 Å². The highest BCUT2D eigenvalue weighted by Gasteiger charge is 2.07. The molecular formula is C11H9ClN4S2. The molecule has 3 aromatic rings. The first kappa shape index (κ1) is 11.7. The second kappa shape index (κ2) is 4.72. The first-order valence-corrected chi connectivity index (χ1v) is 7.28. The molecule has 0 amide bonds. The lowest BCUT2D eigenvalue weighted by atomic mass is 10.3. The molecule has 0 spiro atoms. The van der Waals surface area contributed by atoms with Crippen LogP contribution >= 0.6 is 34.3 Å². The van der Waals surface area contributed by atoms with Crippen molar-refractivity contribution in [2.24, 2.45) is 0 Å². The summed E-state index contributed by atoms with van der Waals surface area (Å²) in [7, 11) is 0. The monoisotopic (exact) mass is 296 g/mol. The van der Waals surface area contributed by atoms with Crippen LogP contribution in [0.2, 0.25) is 4.34 Å². The zero-order valence-corrected chi connectivity index (χ0v) is 11.6. The van der Waals surface area contributed by atoms with E-state index in [4.69, 9.17) is 17.3 Å². The number of thiophene rings is 2. The number of aromatic nitrogens is 2. The number of nitrogen functional groups attached to an aromatic ring is 1. The molecule has 3 N–H and O–H groups in total. The van der Waals surface area contributed by atoms with Gasteiger partial charge < -0.3 is 11.1 Å². The molecule has 3 heterocycles. The van der Waals surface area contributed by atoms with Gasteiger partial charge in [0, 0.05) is 4.88 Å². The van der Waals surface area contributed by atoms with Crippen molar-refractivity contribution in [3.8, 4) is 0 Å². The van der Waals surface area contributed by atoms with Crippen LogP contribution in [0.1, 0.15) is 4.88 Å². The van der Waals surface area contributed by atoms with E-state index in [0.717, 1.165) is 25.2 Å². The fraction of sp³-hybridized carbons (Fsp3) is 0.0909. The van der Waals surface area contributed by atoms with Crippen molar-refractivity contribution in [1.82, 2.24) is 9.97 Å². The molecule has 92 valence electrons. The smallest absolute Gasteiger partial charge is 0.223 e. The van der Waals surface area contributed by atoms with Gasteiger partial charge in [0.25, 0.3) is 0 Å². The Labute approximate surface area is 116 Å². The van der Waals surface area contributed by atoms with Crippen LogP contribution in [-0.4, -0.2) is 9.97 Å². The van der Waals surface area contributed by atoms with E-state index in [2.05, 4.69) is 15.3 Å². The first-order chi connectivity index (χ1) is 8.72. The van der Waals surface area contributed by atoms with Crippen molar-refractivity contribution in [2.45, 2.75) is 6.54 Å². The minimum atomic E-state index is 0.289. The molecule has 0 saturated carbocycles. The maximum atomic E-state index is 5.89. The largest absolute Gasteiger partial charge is 0.368 e. The molecule has 0 radical (unpaired) electrons. The van der Waals surface area contributed by atoms with Gasteiger partial charge in [0.2, 0.25) is 5.95 Å². The third-order valence-electron chi connectivity index (χ3n) is 2.40. The van der Waals surface area contributed by atoms with Gasteiger partial charge in [-0.2, -0.15) is 4.98 Å². The molecule has 0 atom stereocenters. The summed E-state index contributed by atoms with van der Waals surface area (Å²) in [6, 6.07) is 5.87. The van der Waals surface area contributed by atoms with Crippen LogP contribution in [0.3, 0.4) is 0 Å². The summed E-state index contributed by atoms with van der Waals surface area (Å²) in [5.41, 5.74) is 5.68. The molecule has 0 aliphatic heterocycles. The molecule has 7 heteroatoms. The van der Waals surface area contributed by atoms with Crippen molar-refractivity contribution in [3.05, 3.63) is 32.8 Å². The summed E-state index contributed by atoms with van der Waals surface area (Å²) in [5.74, 6) is 1.06. The lowest BCUT2D eigenvalue weighted by molar-refractivity contribution is 1.14. The van der Waals surface area contributed by atoms with Gasteiger partial charge >= 0.3 is 0 Å². The summed E-state index contributed by atoms with van der Waals surface area (Å²) in [4.78, 5) is 10.5. The van der Waals surface area contributed by atoms with Gasteiger partial charge in [-0.1, -0.05) is 11.6 Å². The number of nitrogens with one attached hydrogen (secondary N) is 1. The molecule has 3 rings (SSSR count). The molecule has 0 bridgehead atoms. The van der Waals surface area contributed by atoms with Crippen LogP contribution in [0.15, 0.2) is 23.6 Å². The average molecular weight is 297 g/mol. The van der Waals surface area contributed by atoms with E-state index in [1.807, 2.05) is 23.6 Å². The molecule has 0 aliphatic rings. The lowest BCUT2D eigenvalue weighted by Gasteiger charge is -2.05. The molecule has 4 nitrogen and oxygen atoms in total. The Morgan fingerprint density at radius 1 is 1.28 bits per heavy atom. The highest BCUT2D eigenvalue weighted by atomic mass is 35.5. The minimum Gasteiger partial charge on any atom is -0.368 e. The van der Waals surface area contributed by atoms with Crippen molar-refractivity contribution in [2.75, 3.05) is 11.1 Å². The fourth-order valence-electron chi connectivity index (χ4n) is 1.62. The standard InChI is InChI=1S/C11H9ClN4S2/c12-8-2-1-6(18-8)5-14-9-7-3-4-17-10(7)16-11(13)15-9/h1-4H,5H2,(H3,13,14,15,16). The summed E-state index contributed by atoms with van der Waals surface area (Å²) in [6.45, 7) is 0.679. The maximum Gasteiger partial charge on any atom is 0.223 e. The van der Waals surface area contributed by atoms with E-state index in [-0.39, 0.29) is 5.95 Å². The van der Waals surface area contributed by atoms with Crippen LogP contribution in [0, 0.1) is 0 Å². The van der Waals surface area contributed by atoms with Crippen LogP contribution in [-0.2, 0) is 6.54 Å². The zero-order valence-electron chi connectivity index (χ0n) is 9.18. The van der Waals surface area contributed by atoms with Crippen LogP contribution in [0.25, 0.3) is 10.2 Å². The third kappa shape index (κ3) is 2.27. The number of nitrogens with two attached hydrogens (primary N) is 1. The Kier molecular flexibility index (Phi) is 3.07. The van der Waals surface area contributed by atoms with Crippen LogP contribution in [0.5, 0.6) is 0 Å². The quantitative estimate of drug-likeness (QED) is 0.775. The number of fused-ring (bicyclic) bond motifs is 1. The summed E-state index contributed by atoms with van der Waals surface area (Å²) >= 11 is 8.99. The maximum absolute atomic E-state index is 5.89. The zero-order chi connectivity index (χ0) is 12.5. The Morgan fingerprint density at radius 3 is 2.94 bits per heavy atom. The van der Waals surface area contributed by atoms with Gasteiger partial charge in [-0.05, 0) is 23.6 Å². The second-order valence-electron chi connectivity index (χ2n) is 3.63. The number of nitrogens with zero attached hydrogens (tertiary/aromatic N) is 2. The second-order valence-corrected chi connectivity index (χ2v) is 6.32. The average Bonchev–Trinajstić information content (AvgIpc) is 2.94. The summed E-state index contributed by atoms with van der Waals surface area (Å²) in [5, 5.41) is 6.25. The van der Waals surface area contributed by atoms with Gasteiger partial charge in [0.15, 0.2) is 0 Å². The molecule has 0 saturated heterocycles. The SMILES string of the molecule is Nc1nc(NCc2ccc(Cl)s2)c2ccsc2n1. The molecule has 0 fully saturated rings. The van der Waals surface area contributed by atoms with Crippen molar-refractivity contribution in [1.29, 1.82) is 0 Å². The Balaban J connectivity index is 1.87. The van der Waals surface area contributed by atoms with E-state index in [1.165, 1.54) is 0 Å². The van der Waals surface area contributed by atoms with Crippen LogP contribution in [0.4, 0.5) is 11.8 Å². The van der Waals surface area contributed by atoms with E-state index in [9.17, 15) is 0 Å². The van der Waals surface area contributed by atoms with E-state index < -0.39 is 0 Å². The van der Waals surface area contributed by atoms with Gasteiger partial charge in [-0.25, -0.2) is 4.98 Å². The van der Waals surface area contributed by atoms with E-state index in [1.54, 1.807) is 22.7 Å². The molecule has 18 heavy (non-hydrogen) atoms. The Morgan fingerprint density at radius 2 is 2.17 bits per heavy atom. The van der Waals surface area contributed by atoms with Crippen molar-refractivity contribution < 1.29 is 0 Å². The first-order valence-electron chi connectivity index (χ1n) is 5.21. The predicted octanol–water partition coefficient (Wildman–Crippen LogP) is 3.60. The number of hydrogen-bond acceptors (Lipinski definition) is 6. The summed E-state index contributed by atoms with van der Waals surface area (Å²) in [6.07, 6.45) is 0. The predicted molar refractivity (Wildman–Crippen MR) is 78.5 cm³/mol. The van der Waals surface area contributed by atoms with Crippen molar-refractivity contribution in [3.63, 3.8) is 0 Å². The van der Waals surface area contributed by atoms with E-state index in [0.29, 0.717) is 6.54 Å². The Bertz CT molecular complexity index is 691. The fourth-order valence-corrected chi connectivity index (χ4v) is 3.42. The number of halogens is 1. The molecule has 0 unspecified atom stereocenters. The number of hydrogen-bond donors (Lipinski definition) is 2. The van der Waals surface area contributed by atoms with Crippen LogP contribution < -0.4 is 11.1 Å². The molecule has 0 aliphatic carbocycles. The molecule has 3 aromatic heterocycles. The third-order valence-corrected chi connectivity index (χ3v) is 4.44. The van der Waals surface area contributed by atoms with Gasteiger partial charge in [0.1, 0.15) is 10.6 Å². The summed E-state index contributed by atoms with van der Waals surface area (Å²) < 4.78 is 0.787. The molecule has 0 aromatic carbocycles. The van der Waals surface area contributed by atoms with Gasteiger partial charge in [0.05, 0.1) is 16.3 Å². The topological polar surface area (TPSA) is 63.8 Å². The number of rotatable bonds is 3. The minimum absolute atomic E-state index is 0.289. The lowest BCUT2D eigenvalue weighted by Crippen LogP contribution is -2.03. The highest BCUT2D eigenvalue weighted by molar-refractivity contribution is 7.17. The van der Waals surface area contributed by atoms with Crippen molar-refractivity contribution >= 4 is 56.3 Å². The normalized spacial score (nSPS) is 10.9. The van der Waals surface area contributed by atoms with Gasteiger partial charge in [-0.3, -0.25) is 0 Å². The number of anilines is 2. The van der Waals surface area contributed by atoms with E-state index >= 15 is 0 Å². The molecular weight excluding hydrogens is 288 g/mol. The Hall–Kier alpha value is -1.37.